The molecule has 0 aliphatic heterocycles. The van der Waals surface area contributed by atoms with Crippen LogP contribution in [0.15, 0.2) is 54.7 Å². The van der Waals surface area contributed by atoms with Crippen molar-refractivity contribution in [1.29, 1.82) is 0 Å². The van der Waals surface area contributed by atoms with Gasteiger partial charge in [0.15, 0.2) is 0 Å². The Morgan fingerprint density at radius 1 is 1.04 bits per heavy atom. The van der Waals surface area contributed by atoms with E-state index < -0.39 is 0 Å². The lowest BCUT2D eigenvalue weighted by Crippen LogP contribution is -2.09. The number of hydrogen-bond donors (Lipinski definition) is 1. The molecular formula is C19H15NO4. The van der Waals surface area contributed by atoms with E-state index in [1.165, 1.54) is 25.4 Å². The molecule has 0 saturated heterocycles. The maximum atomic E-state index is 12.7. The zero-order valence-electron chi connectivity index (χ0n) is 13.0. The highest BCUT2D eigenvalue weighted by atomic mass is 16.5. The lowest BCUT2D eigenvalue weighted by Gasteiger charge is -2.09. The van der Waals surface area contributed by atoms with Crippen LogP contribution in [0.3, 0.4) is 0 Å². The molecule has 0 saturated carbocycles. The number of esters is 1. The number of phenols is 1. The summed E-state index contributed by atoms with van der Waals surface area (Å²) in [6, 6.07) is 13.3. The quantitative estimate of drug-likeness (QED) is 0.590. The lowest BCUT2D eigenvalue weighted by atomic mass is 9.98. The van der Waals surface area contributed by atoms with E-state index in [0.29, 0.717) is 22.2 Å². The Morgan fingerprint density at radius 3 is 2.38 bits per heavy atom. The molecule has 1 N–H and O–H groups in total. The van der Waals surface area contributed by atoms with Crippen LogP contribution in [0.4, 0.5) is 0 Å². The van der Waals surface area contributed by atoms with Gasteiger partial charge in [-0.3, -0.25) is 14.6 Å². The van der Waals surface area contributed by atoms with Gasteiger partial charge in [0, 0.05) is 17.1 Å². The van der Waals surface area contributed by atoms with Gasteiger partial charge in [-0.15, -0.1) is 0 Å². The number of nitrogens with zero attached hydrogens (tertiary/aromatic N) is 1. The van der Waals surface area contributed by atoms with Gasteiger partial charge in [-0.1, -0.05) is 24.3 Å². The molecule has 5 nitrogen and oxygen atoms in total. The molecule has 0 unspecified atom stereocenters. The van der Waals surface area contributed by atoms with Crippen molar-refractivity contribution in [2.24, 2.45) is 0 Å². The Balaban J connectivity index is 2.09. The maximum absolute atomic E-state index is 12.7. The fraction of sp³-hybridized carbons (Fsp3) is 0.105. The molecule has 120 valence electrons. The van der Waals surface area contributed by atoms with Crippen LogP contribution in [-0.2, 0) is 16.0 Å². The third-order valence-electron chi connectivity index (χ3n) is 3.78. The fourth-order valence-electron chi connectivity index (χ4n) is 2.55. The predicted molar refractivity (Wildman–Crippen MR) is 89.0 cm³/mol. The number of rotatable bonds is 4. The van der Waals surface area contributed by atoms with Crippen LogP contribution in [0.5, 0.6) is 5.75 Å². The average molecular weight is 321 g/mol. The molecule has 2 aromatic carbocycles. The number of benzene rings is 2. The minimum absolute atomic E-state index is 0.0949. The molecule has 0 radical (unpaired) electrons. The molecule has 3 aromatic rings. The number of methoxy groups -OCH3 is 1. The zero-order valence-corrected chi connectivity index (χ0v) is 13.0. The average Bonchev–Trinajstić information content (AvgIpc) is 2.62. The monoisotopic (exact) mass is 321 g/mol. The Kier molecular flexibility index (Phi) is 4.24. The van der Waals surface area contributed by atoms with Gasteiger partial charge in [-0.05, 0) is 35.2 Å². The Morgan fingerprint density at radius 2 is 1.71 bits per heavy atom. The standard InChI is InChI=1S/C19H15NO4/c1-24-17(22)10-13-11-20-18(16-5-3-2-4-15(13)16)19(23)12-6-8-14(21)9-7-12/h2-9,11,21H,10H2,1H3. The van der Waals surface area contributed by atoms with Crippen molar-refractivity contribution in [3.05, 3.63) is 71.5 Å². The number of ether oxygens (including phenoxy) is 1. The second kappa shape index (κ2) is 6.50. The van der Waals surface area contributed by atoms with Crippen LogP contribution in [-0.4, -0.2) is 29.0 Å². The van der Waals surface area contributed by atoms with Gasteiger partial charge < -0.3 is 9.84 Å². The van der Waals surface area contributed by atoms with Crippen molar-refractivity contribution in [3.63, 3.8) is 0 Å². The number of fused-ring (bicyclic) bond motifs is 1. The first-order valence-electron chi connectivity index (χ1n) is 7.37. The molecule has 0 bridgehead atoms. The van der Waals surface area contributed by atoms with Crippen LogP contribution < -0.4 is 0 Å². The van der Waals surface area contributed by atoms with Crippen molar-refractivity contribution in [2.75, 3.05) is 7.11 Å². The molecule has 0 aliphatic rings. The summed E-state index contributed by atoms with van der Waals surface area (Å²) >= 11 is 0. The molecule has 1 heterocycles. The first-order valence-corrected chi connectivity index (χ1v) is 7.37. The Labute approximate surface area is 138 Å². The molecule has 0 spiro atoms. The number of carbonyl (C=O) groups is 2. The number of phenolic OH excluding ortho intramolecular Hbond substituents is 1. The van der Waals surface area contributed by atoms with Gasteiger partial charge in [0.2, 0.25) is 5.78 Å². The highest BCUT2D eigenvalue weighted by Gasteiger charge is 2.17. The van der Waals surface area contributed by atoms with Crippen LogP contribution in [0.25, 0.3) is 10.8 Å². The van der Waals surface area contributed by atoms with Crippen LogP contribution in [0.1, 0.15) is 21.6 Å². The number of ketones is 1. The number of hydrogen-bond acceptors (Lipinski definition) is 5. The summed E-state index contributed by atoms with van der Waals surface area (Å²) in [6.07, 6.45) is 1.63. The van der Waals surface area contributed by atoms with Crippen LogP contribution in [0.2, 0.25) is 0 Å². The smallest absolute Gasteiger partial charge is 0.310 e. The number of aromatic hydroxyl groups is 1. The predicted octanol–water partition coefficient (Wildman–Crippen LogP) is 2.89. The molecule has 1 aromatic heterocycles. The maximum Gasteiger partial charge on any atom is 0.310 e. The summed E-state index contributed by atoms with van der Waals surface area (Å²) in [4.78, 5) is 28.6. The molecule has 3 rings (SSSR count). The molecule has 5 heteroatoms. The summed E-state index contributed by atoms with van der Waals surface area (Å²) in [6.45, 7) is 0. The van der Waals surface area contributed by atoms with Crippen molar-refractivity contribution in [2.45, 2.75) is 6.42 Å². The summed E-state index contributed by atoms with van der Waals surface area (Å²) in [5, 5.41) is 10.8. The van der Waals surface area contributed by atoms with Crippen LogP contribution in [0, 0.1) is 0 Å². The molecule has 0 atom stereocenters. The molecular weight excluding hydrogens is 306 g/mol. The van der Waals surface area contributed by atoms with Gasteiger partial charge in [-0.2, -0.15) is 0 Å². The van der Waals surface area contributed by atoms with Crippen LogP contribution >= 0.6 is 0 Å². The molecule has 0 aliphatic carbocycles. The van der Waals surface area contributed by atoms with E-state index >= 15 is 0 Å². The van der Waals surface area contributed by atoms with Crippen molar-refractivity contribution in [1.82, 2.24) is 4.98 Å². The van der Waals surface area contributed by atoms with E-state index in [2.05, 4.69) is 4.98 Å². The van der Waals surface area contributed by atoms with Gasteiger partial charge in [-0.25, -0.2) is 0 Å². The fourth-order valence-corrected chi connectivity index (χ4v) is 2.55. The molecule has 24 heavy (non-hydrogen) atoms. The van der Waals surface area contributed by atoms with E-state index in [1.54, 1.807) is 18.2 Å². The minimum Gasteiger partial charge on any atom is -0.508 e. The highest BCUT2D eigenvalue weighted by Crippen LogP contribution is 2.24. The van der Waals surface area contributed by atoms with E-state index in [9.17, 15) is 14.7 Å². The Hall–Kier alpha value is -3.21. The van der Waals surface area contributed by atoms with Crippen molar-refractivity contribution in [3.8, 4) is 5.75 Å². The summed E-state index contributed by atoms with van der Waals surface area (Å²) in [5.74, 6) is -0.506. The van der Waals surface area contributed by atoms with E-state index in [4.69, 9.17) is 4.74 Å². The van der Waals surface area contributed by atoms with Gasteiger partial charge in [0.1, 0.15) is 11.4 Å². The molecule has 0 amide bonds. The molecule has 0 fully saturated rings. The second-order valence-electron chi connectivity index (χ2n) is 5.31. The topological polar surface area (TPSA) is 76.5 Å². The third-order valence-corrected chi connectivity index (χ3v) is 3.78. The van der Waals surface area contributed by atoms with Gasteiger partial charge >= 0.3 is 5.97 Å². The highest BCUT2D eigenvalue weighted by molar-refractivity contribution is 6.15. The SMILES string of the molecule is COC(=O)Cc1cnc(C(=O)c2ccc(O)cc2)c2ccccc12. The summed E-state index contributed by atoms with van der Waals surface area (Å²) in [7, 11) is 1.33. The first kappa shape index (κ1) is 15.7. The first-order chi connectivity index (χ1) is 11.6. The summed E-state index contributed by atoms with van der Waals surface area (Å²) in [5.41, 5.74) is 1.45. The second-order valence-corrected chi connectivity index (χ2v) is 5.31. The van der Waals surface area contributed by atoms with E-state index in [1.807, 2.05) is 18.2 Å². The number of pyridine rings is 1. The normalized spacial score (nSPS) is 10.5. The van der Waals surface area contributed by atoms with Gasteiger partial charge in [0.05, 0.1) is 13.5 Å². The third kappa shape index (κ3) is 2.96. The van der Waals surface area contributed by atoms with E-state index in [-0.39, 0.29) is 23.9 Å². The number of carbonyl (C=O) groups excluding carboxylic acids is 2. The van der Waals surface area contributed by atoms with Crippen molar-refractivity contribution >= 4 is 22.5 Å². The lowest BCUT2D eigenvalue weighted by molar-refractivity contribution is -0.139. The number of aromatic nitrogens is 1. The van der Waals surface area contributed by atoms with Gasteiger partial charge in [0.25, 0.3) is 0 Å². The largest absolute Gasteiger partial charge is 0.508 e. The van der Waals surface area contributed by atoms with E-state index in [0.717, 1.165) is 5.39 Å². The zero-order chi connectivity index (χ0) is 17.1. The Bertz CT molecular complexity index is 916. The summed E-state index contributed by atoms with van der Waals surface area (Å²) < 4.78 is 4.70. The van der Waals surface area contributed by atoms with Crippen molar-refractivity contribution < 1.29 is 19.4 Å². The minimum atomic E-state index is -0.362.